The SMILES string of the molecule is CC(CCN)Cc1cccc([N+](=O)[O-])c1. The molecule has 0 aromatic heterocycles. The van der Waals surface area contributed by atoms with Crippen LogP contribution in [0.25, 0.3) is 0 Å². The molecule has 0 spiro atoms. The van der Waals surface area contributed by atoms with Crippen LogP contribution in [-0.4, -0.2) is 11.5 Å². The van der Waals surface area contributed by atoms with E-state index >= 15 is 0 Å². The number of nitro benzene ring substituents is 1. The van der Waals surface area contributed by atoms with Gasteiger partial charge in [0.15, 0.2) is 0 Å². The number of nitrogens with two attached hydrogens (primary N) is 1. The molecule has 0 heterocycles. The second-order valence-corrected chi connectivity index (χ2v) is 3.81. The van der Waals surface area contributed by atoms with E-state index in [9.17, 15) is 10.1 Å². The van der Waals surface area contributed by atoms with Gasteiger partial charge in [-0.05, 0) is 30.9 Å². The molecule has 0 bridgehead atoms. The Morgan fingerprint density at radius 1 is 1.53 bits per heavy atom. The van der Waals surface area contributed by atoms with Crippen molar-refractivity contribution >= 4 is 5.69 Å². The van der Waals surface area contributed by atoms with Crippen molar-refractivity contribution in [3.63, 3.8) is 0 Å². The highest BCUT2D eigenvalue weighted by atomic mass is 16.6. The first-order chi connectivity index (χ1) is 7.13. The van der Waals surface area contributed by atoms with Crippen LogP contribution in [0.4, 0.5) is 5.69 Å². The Morgan fingerprint density at radius 2 is 2.27 bits per heavy atom. The number of benzene rings is 1. The van der Waals surface area contributed by atoms with Crippen molar-refractivity contribution < 1.29 is 4.92 Å². The van der Waals surface area contributed by atoms with Gasteiger partial charge in [0, 0.05) is 12.1 Å². The molecule has 0 aliphatic heterocycles. The zero-order valence-electron chi connectivity index (χ0n) is 8.85. The van der Waals surface area contributed by atoms with Crippen LogP contribution in [-0.2, 0) is 6.42 Å². The fourth-order valence-electron chi connectivity index (χ4n) is 1.59. The molecular formula is C11H16N2O2. The smallest absolute Gasteiger partial charge is 0.269 e. The predicted octanol–water partition coefficient (Wildman–Crippen LogP) is 2.12. The fraction of sp³-hybridized carbons (Fsp3) is 0.455. The van der Waals surface area contributed by atoms with Crippen LogP contribution in [0, 0.1) is 16.0 Å². The number of nitrogens with zero attached hydrogens (tertiary/aromatic N) is 1. The molecule has 82 valence electrons. The Kier molecular flexibility index (Phi) is 4.24. The molecule has 1 atom stereocenters. The summed E-state index contributed by atoms with van der Waals surface area (Å²) >= 11 is 0. The van der Waals surface area contributed by atoms with Crippen molar-refractivity contribution in [2.24, 2.45) is 11.7 Å². The molecule has 0 aliphatic carbocycles. The molecule has 1 rings (SSSR count). The van der Waals surface area contributed by atoms with Gasteiger partial charge in [-0.1, -0.05) is 19.1 Å². The fourth-order valence-corrected chi connectivity index (χ4v) is 1.59. The van der Waals surface area contributed by atoms with Gasteiger partial charge in [-0.25, -0.2) is 0 Å². The lowest BCUT2D eigenvalue weighted by Gasteiger charge is -2.09. The second kappa shape index (κ2) is 5.46. The van der Waals surface area contributed by atoms with E-state index in [1.165, 1.54) is 6.07 Å². The summed E-state index contributed by atoms with van der Waals surface area (Å²) in [5.74, 6) is 0.469. The largest absolute Gasteiger partial charge is 0.330 e. The molecule has 0 aliphatic rings. The van der Waals surface area contributed by atoms with Crippen molar-refractivity contribution in [2.45, 2.75) is 19.8 Å². The number of non-ortho nitro benzene ring substituents is 1. The van der Waals surface area contributed by atoms with E-state index in [-0.39, 0.29) is 10.6 Å². The van der Waals surface area contributed by atoms with Gasteiger partial charge >= 0.3 is 0 Å². The van der Waals surface area contributed by atoms with E-state index in [2.05, 4.69) is 6.92 Å². The predicted molar refractivity (Wildman–Crippen MR) is 59.6 cm³/mol. The third-order valence-electron chi connectivity index (χ3n) is 2.37. The molecule has 1 aromatic carbocycles. The summed E-state index contributed by atoms with van der Waals surface area (Å²) in [6, 6.07) is 6.78. The summed E-state index contributed by atoms with van der Waals surface area (Å²) in [5, 5.41) is 10.6. The number of hydrogen-bond donors (Lipinski definition) is 1. The van der Waals surface area contributed by atoms with Crippen LogP contribution in [0.5, 0.6) is 0 Å². The van der Waals surface area contributed by atoms with Crippen molar-refractivity contribution in [1.29, 1.82) is 0 Å². The van der Waals surface area contributed by atoms with Gasteiger partial charge in [0.05, 0.1) is 4.92 Å². The van der Waals surface area contributed by atoms with Gasteiger partial charge in [0.2, 0.25) is 0 Å². The summed E-state index contributed by atoms with van der Waals surface area (Å²) in [6.45, 7) is 2.77. The van der Waals surface area contributed by atoms with E-state index in [4.69, 9.17) is 5.73 Å². The van der Waals surface area contributed by atoms with E-state index in [1.54, 1.807) is 12.1 Å². The number of nitro groups is 1. The quantitative estimate of drug-likeness (QED) is 0.595. The second-order valence-electron chi connectivity index (χ2n) is 3.81. The summed E-state index contributed by atoms with van der Waals surface area (Å²) in [4.78, 5) is 10.2. The van der Waals surface area contributed by atoms with Crippen molar-refractivity contribution in [3.05, 3.63) is 39.9 Å². The molecule has 0 radical (unpaired) electrons. The first-order valence-corrected chi connectivity index (χ1v) is 5.07. The maximum absolute atomic E-state index is 10.6. The Bertz CT molecular complexity index is 339. The standard InChI is InChI=1S/C11H16N2O2/c1-9(5-6-12)7-10-3-2-4-11(8-10)13(14)15/h2-4,8-9H,5-7,12H2,1H3. The Morgan fingerprint density at radius 3 is 2.87 bits per heavy atom. The normalized spacial score (nSPS) is 12.4. The number of rotatable bonds is 5. The van der Waals surface area contributed by atoms with Crippen LogP contribution in [0.3, 0.4) is 0 Å². The Balaban J connectivity index is 2.69. The molecule has 2 N–H and O–H groups in total. The van der Waals surface area contributed by atoms with E-state index in [0.29, 0.717) is 12.5 Å². The minimum atomic E-state index is -0.364. The van der Waals surface area contributed by atoms with Crippen molar-refractivity contribution in [3.8, 4) is 0 Å². The third kappa shape index (κ3) is 3.67. The van der Waals surface area contributed by atoms with Crippen molar-refractivity contribution in [2.75, 3.05) is 6.54 Å². The summed E-state index contributed by atoms with van der Waals surface area (Å²) in [7, 11) is 0. The average molecular weight is 208 g/mol. The molecule has 0 fully saturated rings. The van der Waals surface area contributed by atoms with Crippen LogP contribution in [0.2, 0.25) is 0 Å². The van der Waals surface area contributed by atoms with Gasteiger partial charge in [-0.2, -0.15) is 0 Å². The third-order valence-corrected chi connectivity index (χ3v) is 2.37. The molecule has 0 saturated carbocycles. The summed E-state index contributed by atoms with van der Waals surface area (Å²) in [5.41, 5.74) is 6.62. The highest BCUT2D eigenvalue weighted by molar-refractivity contribution is 5.34. The average Bonchev–Trinajstić information content (AvgIpc) is 2.18. The highest BCUT2D eigenvalue weighted by Crippen LogP contribution is 2.17. The lowest BCUT2D eigenvalue weighted by molar-refractivity contribution is -0.384. The van der Waals surface area contributed by atoms with Crippen LogP contribution in [0.1, 0.15) is 18.9 Å². The molecule has 1 unspecified atom stereocenters. The van der Waals surface area contributed by atoms with Gasteiger partial charge in [0.1, 0.15) is 0 Å². The Hall–Kier alpha value is -1.42. The topological polar surface area (TPSA) is 69.2 Å². The number of hydrogen-bond acceptors (Lipinski definition) is 3. The highest BCUT2D eigenvalue weighted by Gasteiger charge is 2.08. The minimum absolute atomic E-state index is 0.160. The molecule has 15 heavy (non-hydrogen) atoms. The van der Waals surface area contributed by atoms with Gasteiger partial charge in [-0.3, -0.25) is 10.1 Å². The van der Waals surface area contributed by atoms with Crippen molar-refractivity contribution in [1.82, 2.24) is 0 Å². The maximum Gasteiger partial charge on any atom is 0.269 e. The van der Waals surface area contributed by atoms with Crippen LogP contribution >= 0.6 is 0 Å². The zero-order valence-corrected chi connectivity index (χ0v) is 8.85. The molecule has 1 aromatic rings. The minimum Gasteiger partial charge on any atom is -0.330 e. The molecule has 0 amide bonds. The lowest BCUT2D eigenvalue weighted by Crippen LogP contribution is -2.08. The van der Waals surface area contributed by atoms with Gasteiger partial charge < -0.3 is 5.73 Å². The molecular weight excluding hydrogens is 192 g/mol. The zero-order chi connectivity index (χ0) is 11.3. The lowest BCUT2D eigenvalue weighted by atomic mass is 9.98. The van der Waals surface area contributed by atoms with E-state index in [0.717, 1.165) is 18.4 Å². The molecule has 4 nitrogen and oxygen atoms in total. The van der Waals surface area contributed by atoms with E-state index in [1.807, 2.05) is 6.07 Å². The first-order valence-electron chi connectivity index (χ1n) is 5.07. The first kappa shape index (κ1) is 11.7. The Labute approximate surface area is 89.2 Å². The van der Waals surface area contributed by atoms with Gasteiger partial charge in [-0.15, -0.1) is 0 Å². The van der Waals surface area contributed by atoms with Crippen LogP contribution < -0.4 is 5.73 Å². The summed E-state index contributed by atoms with van der Waals surface area (Å²) < 4.78 is 0. The maximum atomic E-state index is 10.6. The molecule has 4 heteroatoms. The van der Waals surface area contributed by atoms with E-state index < -0.39 is 0 Å². The molecule has 0 saturated heterocycles. The summed E-state index contributed by atoms with van der Waals surface area (Å²) in [6.07, 6.45) is 1.79. The van der Waals surface area contributed by atoms with Gasteiger partial charge in [0.25, 0.3) is 5.69 Å². The monoisotopic (exact) mass is 208 g/mol. The van der Waals surface area contributed by atoms with Crippen LogP contribution in [0.15, 0.2) is 24.3 Å².